The van der Waals surface area contributed by atoms with Crippen LogP contribution in [0.1, 0.15) is 0 Å². The van der Waals surface area contributed by atoms with Crippen LogP contribution in [-0.4, -0.2) is 4.98 Å². The summed E-state index contributed by atoms with van der Waals surface area (Å²) in [5, 5.41) is 8.51. The fourth-order valence-electron chi connectivity index (χ4n) is 7.51. The molecule has 0 saturated heterocycles. The molecular weight excluding hydrogens is 649 g/mol. The smallest absolute Gasteiger partial charge is 0.124 e. The standard InChI is InChI=1S/C49H32N2S/c1-4-12-34(13-5-1)44-32-42(30-39-16-10-11-19-43(39)44)51(40-17-8-3-9-18-40)41-27-24-33(25-28-41)38-23-21-35-20-22-36-26-29-46-48(47(36)45(35)31-38)52-49(50-46)37-14-6-2-7-15-37/h1-32H. The largest absolute Gasteiger partial charge is 0.310 e. The number of rotatable bonds is 6. The van der Waals surface area contributed by atoms with Crippen LogP contribution in [0.3, 0.4) is 0 Å². The van der Waals surface area contributed by atoms with Crippen molar-refractivity contribution in [1.29, 1.82) is 0 Å². The number of hydrogen-bond acceptors (Lipinski definition) is 3. The topological polar surface area (TPSA) is 16.1 Å². The molecule has 9 aromatic carbocycles. The third-order valence-corrected chi connectivity index (χ3v) is 11.2. The Balaban J connectivity index is 1.09. The highest BCUT2D eigenvalue weighted by atomic mass is 32.1. The van der Waals surface area contributed by atoms with Crippen LogP contribution in [-0.2, 0) is 0 Å². The fourth-order valence-corrected chi connectivity index (χ4v) is 8.65. The van der Waals surface area contributed by atoms with Crippen molar-refractivity contribution in [2.75, 3.05) is 4.90 Å². The first-order valence-electron chi connectivity index (χ1n) is 17.6. The molecule has 0 aliphatic heterocycles. The molecule has 0 bridgehead atoms. The van der Waals surface area contributed by atoms with E-state index in [9.17, 15) is 0 Å². The third kappa shape index (κ3) is 5.31. The van der Waals surface area contributed by atoms with Gasteiger partial charge in [0.15, 0.2) is 0 Å². The zero-order valence-electron chi connectivity index (χ0n) is 28.3. The summed E-state index contributed by atoms with van der Waals surface area (Å²) in [6.07, 6.45) is 0. The van der Waals surface area contributed by atoms with Crippen LogP contribution in [0.2, 0.25) is 0 Å². The number of nitrogens with zero attached hydrogens (tertiary/aromatic N) is 2. The first kappa shape index (κ1) is 30.3. The van der Waals surface area contributed by atoms with E-state index in [1.54, 1.807) is 11.3 Å². The normalized spacial score (nSPS) is 11.5. The molecule has 0 aliphatic rings. The fraction of sp³-hybridized carbons (Fsp3) is 0. The molecule has 0 amide bonds. The van der Waals surface area contributed by atoms with Gasteiger partial charge in [0.1, 0.15) is 5.01 Å². The zero-order valence-corrected chi connectivity index (χ0v) is 29.1. The molecule has 1 heterocycles. The van der Waals surface area contributed by atoms with Crippen LogP contribution in [0.5, 0.6) is 0 Å². The van der Waals surface area contributed by atoms with Gasteiger partial charge in [-0.2, -0.15) is 0 Å². The van der Waals surface area contributed by atoms with E-state index in [0.29, 0.717) is 0 Å². The summed E-state index contributed by atoms with van der Waals surface area (Å²) in [6, 6.07) is 69.9. The Kier molecular flexibility index (Phi) is 7.37. The molecule has 0 atom stereocenters. The number of anilines is 3. The lowest BCUT2D eigenvalue weighted by molar-refractivity contribution is 1.29. The molecule has 0 unspecified atom stereocenters. The predicted octanol–water partition coefficient (Wildman–Crippen LogP) is 14.2. The molecule has 0 spiro atoms. The highest BCUT2D eigenvalue weighted by Crippen LogP contribution is 2.42. The van der Waals surface area contributed by atoms with E-state index in [1.165, 1.54) is 59.3 Å². The second-order valence-corrected chi connectivity index (χ2v) is 14.2. The average molecular weight is 681 g/mol. The summed E-state index contributed by atoms with van der Waals surface area (Å²) in [5.41, 5.74) is 10.4. The molecule has 0 saturated carbocycles. The average Bonchev–Trinajstić information content (AvgIpc) is 3.67. The Labute approximate surface area is 306 Å². The summed E-state index contributed by atoms with van der Waals surface area (Å²) in [4.78, 5) is 7.41. The van der Waals surface area contributed by atoms with E-state index in [1.807, 2.05) is 0 Å². The molecule has 3 heteroatoms. The van der Waals surface area contributed by atoms with E-state index in [-0.39, 0.29) is 0 Å². The lowest BCUT2D eigenvalue weighted by Crippen LogP contribution is -2.10. The Morgan fingerprint density at radius 1 is 0.385 bits per heavy atom. The maximum Gasteiger partial charge on any atom is 0.124 e. The Morgan fingerprint density at radius 3 is 1.79 bits per heavy atom. The molecule has 52 heavy (non-hydrogen) atoms. The number of aromatic nitrogens is 1. The molecule has 2 nitrogen and oxygen atoms in total. The van der Waals surface area contributed by atoms with Crippen LogP contribution in [0.25, 0.3) is 75.4 Å². The molecule has 0 aliphatic carbocycles. The highest BCUT2D eigenvalue weighted by Gasteiger charge is 2.17. The number of fused-ring (bicyclic) bond motifs is 6. The summed E-state index contributed by atoms with van der Waals surface area (Å²) < 4.78 is 1.23. The molecule has 0 N–H and O–H groups in total. The molecule has 1 aromatic heterocycles. The van der Waals surface area contributed by atoms with Crippen molar-refractivity contribution < 1.29 is 0 Å². The van der Waals surface area contributed by atoms with Crippen molar-refractivity contribution >= 4 is 70.9 Å². The number of para-hydroxylation sites is 1. The van der Waals surface area contributed by atoms with Gasteiger partial charge in [0.25, 0.3) is 0 Å². The lowest BCUT2D eigenvalue weighted by Gasteiger charge is -2.27. The van der Waals surface area contributed by atoms with Crippen molar-refractivity contribution in [2.45, 2.75) is 0 Å². The van der Waals surface area contributed by atoms with E-state index in [2.05, 4.69) is 199 Å². The van der Waals surface area contributed by atoms with Crippen LogP contribution in [0.4, 0.5) is 17.1 Å². The summed E-state index contributed by atoms with van der Waals surface area (Å²) in [7, 11) is 0. The summed E-state index contributed by atoms with van der Waals surface area (Å²) in [6.45, 7) is 0. The number of benzene rings is 9. The van der Waals surface area contributed by atoms with E-state index < -0.39 is 0 Å². The van der Waals surface area contributed by atoms with Crippen molar-refractivity contribution in [3.8, 4) is 32.8 Å². The minimum atomic E-state index is 1.05. The van der Waals surface area contributed by atoms with Gasteiger partial charge in [0.2, 0.25) is 0 Å². The van der Waals surface area contributed by atoms with E-state index >= 15 is 0 Å². The van der Waals surface area contributed by atoms with Crippen LogP contribution in [0, 0.1) is 0 Å². The van der Waals surface area contributed by atoms with Crippen LogP contribution < -0.4 is 4.90 Å². The van der Waals surface area contributed by atoms with Gasteiger partial charge < -0.3 is 4.90 Å². The van der Waals surface area contributed by atoms with E-state index in [0.717, 1.165) is 33.1 Å². The summed E-state index contributed by atoms with van der Waals surface area (Å²) >= 11 is 1.78. The Hall–Kier alpha value is -6.55. The van der Waals surface area contributed by atoms with Crippen molar-refractivity contribution in [3.05, 3.63) is 194 Å². The van der Waals surface area contributed by atoms with Crippen LogP contribution in [0.15, 0.2) is 194 Å². The maximum atomic E-state index is 5.05. The first-order chi connectivity index (χ1) is 25.8. The Morgan fingerprint density at radius 2 is 1.00 bits per heavy atom. The molecule has 10 aromatic rings. The van der Waals surface area contributed by atoms with E-state index in [4.69, 9.17) is 4.98 Å². The van der Waals surface area contributed by atoms with Gasteiger partial charge >= 0.3 is 0 Å². The lowest BCUT2D eigenvalue weighted by atomic mass is 9.96. The minimum absolute atomic E-state index is 1.05. The maximum absolute atomic E-state index is 5.05. The van der Waals surface area contributed by atoms with Gasteiger partial charge in [-0.15, -0.1) is 11.3 Å². The van der Waals surface area contributed by atoms with Gasteiger partial charge in [-0.25, -0.2) is 4.98 Å². The minimum Gasteiger partial charge on any atom is -0.310 e. The van der Waals surface area contributed by atoms with Gasteiger partial charge in [0.05, 0.1) is 10.2 Å². The van der Waals surface area contributed by atoms with Gasteiger partial charge in [0, 0.05) is 28.0 Å². The predicted molar refractivity (Wildman–Crippen MR) is 223 cm³/mol. The quantitative estimate of drug-likeness (QED) is 0.163. The van der Waals surface area contributed by atoms with Crippen molar-refractivity contribution in [2.24, 2.45) is 0 Å². The molecule has 10 rings (SSSR count). The SMILES string of the molecule is c1ccc(-c2nc3ccc4ccc5ccc(-c6ccc(N(c7ccccc7)c7cc(-c8ccccc8)c8ccccc8c7)cc6)cc5c4c3s2)cc1. The van der Waals surface area contributed by atoms with Crippen molar-refractivity contribution in [3.63, 3.8) is 0 Å². The monoisotopic (exact) mass is 680 g/mol. The zero-order chi connectivity index (χ0) is 34.4. The number of hydrogen-bond donors (Lipinski definition) is 0. The molecule has 0 radical (unpaired) electrons. The Bertz CT molecular complexity index is 2880. The molecule has 244 valence electrons. The third-order valence-electron chi connectivity index (χ3n) is 10.0. The number of thiazole rings is 1. The second-order valence-electron chi connectivity index (χ2n) is 13.2. The summed E-state index contributed by atoms with van der Waals surface area (Å²) in [5.74, 6) is 0. The molecular formula is C49H32N2S. The van der Waals surface area contributed by atoms with Gasteiger partial charge in [-0.05, 0) is 97.7 Å². The van der Waals surface area contributed by atoms with Crippen molar-refractivity contribution in [1.82, 2.24) is 4.98 Å². The first-order valence-corrected chi connectivity index (χ1v) is 18.4. The highest BCUT2D eigenvalue weighted by molar-refractivity contribution is 7.22. The van der Waals surface area contributed by atoms with Gasteiger partial charge in [-0.3, -0.25) is 0 Å². The second kappa shape index (κ2) is 12.6. The van der Waals surface area contributed by atoms with Gasteiger partial charge in [-0.1, -0.05) is 146 Å². The molecule has 0 fully saturated rings. The van der Waals surface area contributed by atoms with Crippen LogP contribution >= 0.6 is 11.3 Å².